The third kappa shape index (κ3) is 6.72. The molecule has 7 heteroatoms. The second-order valence-corrected chi connectivity index (χ2v) is 8.70. The van der Waals surface area contributed by atoms with E-state index in [2.05, 4.69) is 21.2 Å². The molecule has 1 aliphatic carbocycles. The van der Waals surface area contributed by atoms with E-state index < -0.39 is 6.04 Å². The summed E-state index contributed by atoms with van der Waals surface area (Å²) in [5.74, 6) is 0.923. The van der Waals surface area contributed by atoms with E-state index in [-0.39, 0.29) is 24.5 Å². The number of ether oxygens (including phenoxy) is 2. The van der Waals surface area contributed by atoms with Crippen molar-refractivity contribution in [1.29, 1.82) is 0 Å². The number of hydrogen-bond donors (Lipinski definition) is 1. The Morgan fingerprint density at radius 3 is 2.52 bits per heavy atom. The molecule has 2 amide bonds. The largest absolute Gasteiger partial charge is 0.497 e. The van der Waals surface area contributed by atoms with E-state index in [0.29, 0.717) is 18.0 Å². The van der Waals surface area contributed by atoms with Crippen LogP contribution in [0.2, 0.25) is 0 Å². The van der Waals surface area contributed by atoms with Crippen molar-refractivity contribution in [2.24, 2.45) is 0 Å². The molecule has 1 unspecified atom stereocenters. The first-order valence-corrected chi connectivity index (χ1v) is 11.4. The van der Waals surface area contributed by atoms with Gasteiger partial charge in [-0.15, -0.1) is 0 Å². The van der Waals surface area contributed by atoms with Crippen molar-refractivity contribution in [3.63, 3.8) is 0 Å². The first-order chi connectivity index (χ1) is 15.0. The molecule has 0 spiro atoms. The fourth-order valence-corrected chi connectivity index (χ4v) is 3.97. The van der Waals surface area contributed by atoms with Gasteiger partial charge in [0.25, 0.3) is 5.91 Å². The lowest BCUT2D eigenvalue weighted by Gasteiger charge is -2.29. The third-order valence-corrected chi connectivity index (χ3v) is 6.06. The monoisotopic (exact) mass is 488 g/mol. The molecule has 2 aromatic carbocycles. The molecular weight excluding hydrogens is 460 g/mol. The Hall–Kier alpha value is -2.54. The fraction of sp³-hybridized carbons (Fsp3) is 0.417. The molecule has 0 bridgehead atoms. The van der Waals surface area contributed by atoms with Crippen LogP contribution in [0, 0.1) is 0 Å². The highest BCUT2D eigenvalue weighted by atomic mass is 79.9. The van der Waals surface area contributed by atoms with Crippen LogP contribution in [0.4, 0.5) is 0 Å². The number of benzene rings is 2. The molecule has 0 aromatic heterocycles. The zero-order valence-electron chi connectivity index (χ0n) is 18.0. The van der Waals surface area contributed by atoms with Crippen LogP contribution in [0.1, 0.15) is 38.2 Å². The Labute approximate surface area is 192 Å². The maximum atomic E-state index is 13.1. The van der Waals surface area contributed by atoms with E-state index in [9.17, 15) is 9.59 Å². The van der Waals surface area contributed by atoms with Crippen LogP contribution in [0.3, 0.4) is 0 Å². The second-order valence-electron chi connectivity index (χ2n) is 7.78. The van der Waals surface area contributed by atoms with Gasteiger partial charge in [-0.3, -0.25) is 9.59 Å². The molecular formula is C24H29BrN2O4. The summed E-state index contributed by atoms with van der Waals surface area (Å²) in [4.78, 5) is 27.6. The molecule has 1 N–H and O–H groups in total. The Balaban J connectivity index is 1.72. The van der Waals surface area contributed by atoms with Gasteiger partial charge in [0, 0.05) is 17.1 Å². The molecule has 6 nitrogen and oxygen atoms in total. The number of amides is 2. The fourth-order valence-electron chi connectivity index (χ4n) is 3.70. The van der Waals surface area contributed by atoms with E-state index >= 15 is 0 Å². The van der Waals surface area contributed by atoms with Gasteiger partial charge >= 0.3 is 0 Å². The normalized spacial score (nSPS) is 14.7. The highest BCUT2D eigenvalue weighted by Crippen LogP contribution is 2.20. The topological polar surface area (TPSA) is 67.9 Å². The van der Waals surface area contributed by atoms with Crippen molar-refractivity contribution >= 4 is 27.7 Å². The molecule has 1 atom stereocenters. The zero-order valence-corrected chi connectivity index (χ0v) is 19.6. The predicted octanol–water partition coefficient (Wildman–Crippen LogP) is 4.31. The Morgan fingerprint density at radius 2 is 1.84 bits per heavy atom. The van der Waals surface area contributed by atoms with Crippen LogP contribution >= 0.6 is 15.9 Å². The number of carbonyl (C=O) groups is 2. The minimum absolute atomic E-state index is 0.133. The van der Waals surface area contributed by atoms with Gasteiger partial charge in [-0.1, -0.05) is 40.9 Å². The van der Waals surface area contributed by atoms with Gasteiger partial charge < -0.3 is 19.7 Å². The molecule has 0 aliphatic heterocycles. The number of carbonyl (C=O) groups excluding carboxylic acids is 2. The summed E-state index contributed by atoms with van der Waals surface area (Å²) < 4.78 is 11.9. The SMILES string of the molecule is COc1cccc(CN(C(=O)COc2ccc(Br)cc2)C(C)C(=O)NC2CCCC2)c1. The predicted molar refractivity (Wildman–Crippen MR) is 123 cm³/mol. The van der Waals surface area contributed by atoms with Crippen molar-refractivity contribution in [3.05, 3.63) is 58.6 Å². The number of hydrogen-bond acceptors (Lipinski definition) is 4. The quantitative estimate of drug-likeness (QED) is 0.570. The lowest BCUT2D eigenvalue weighted by molar-refractivity contribution is -0.142. The highest BCUT2D eigenvalue weighted by molar-refractivity contribution is 9.10. The van der Waals surface area contributed by atoms with Gasteiger partial charge in [0.2, 0.25) is 5.91 Å². The van der Waals surface area contributed by atoms with E-state index in [1.807, 2.05) is 36.4 Å². The third-order valence-electron chi connectivity index (χ3n) is 5.53. The average Bonchev–Trinajstić information content (AvgIpc) is 3.29. The van der Waals surface area contributed by atoms with Gasteiger partial charge in [-0.25, -0.2) is 0 Å². The summed E-state index contributed by atoms with van der Waals surface area (Å²) in [7, 11) is 1.60. The van der Waals surface area contributed by atoms with Crippen LogP contribution in [0.15, 0.2) is 53.0 Å². The van der Waals surface area contributed by atoms with Crippen LogP contribution in [0.25, 0.3) is 0 Å². The van der Waals surface area contributed by atoms with Gasteiger partial charge in [0.15, 0.2) is 6.61 Å². The van der Waals surface area contributed by atoms with Crippen LogP contribution in [-0.2, 0) is 16.1 Å². The highest BCUT2D eigenvalue weighted by Gasteiger charge is 2.28. The van der Waals surface area contributed by atoms with Crippen molar-refractivity contribution in [2.45, 2.75) is 51.2 Å². The molecule has 1 aliphatic rings. The van der Waals surface area contributed by atoms with Crippen molar-refractivity contribution in [3.8, 4) is 11.5 Å². The molecule has 166 valence electrons. The van der Waals surface area contributed by atoms with Crippen LogP contribution in [0.5, 0.6) is 11.5 Å². The molecule has 0 saturated heterocycles. The summed E-state index contributed by atoms with van der Waals surface area (Å²) in [6.45, 7) is 1.91. The molecule has 0 heterocycles. The standard InChI is InChI=1S/C24H29BrN2O4/c1-17(24(29)26-20-7-3-4-8-20)27(15-18-6-5-9-22(14-18)30-2)23(28)16-31-21-12-10-19(25)11-13-21/h5-6,9-14,17,20H,3-4,7-8,15-16H2,1-2H3,(H,26,29). The van der Waals surface area contributed by atoms with E-state index in [0.717, 1.165) is 35.7 Å². The van der Waals surface area contributed by atoms with Crippen LogP contribution < -0.4 is 14.8 Å². The number of nitrogens with zero attached hydrogens (tertiary/aromatic N) is 1. The minimum atomic E-state index is -0.618. The lowest BCUT2D eigenvalue weighted by atomic mass is 10.1. The molecule has 1 saturated carbocycles. The van der Waals surface area contributed by atoms with Crippen molar-refractivity contribution < 1.29 is 19.1 Å². The summed E-state index contributed by atoms with van der Waals surface area (Å²) in [6, 6.07) is 14.4. The lowest BCUT2D eigenvalue weighted by Crippen LogP contribution is -2.50. The zero-order chi connectivity index (χ0) is 22.2. The molecule has 3 rings (SSSR count). The smallest absolute Gasteiger partial charge is 0.261 e. The second kappa shape index (κ2) is 11.2. The summed E-state index contributed by atoms with van der Waals surface area (Å²) in [6.07, 6.45) is 4.25. The summed E-state index contributed by atoms with van der Waals surface area (Å²) in [5.41, 5.74) is 0.886. The average molecular weight is 489 g/mol. The van der Waals surface area contributed by atoms with Crippen molar-refractivity contribution in [1.82, 2.24) is 10.2 Å². The van der Waals surface area contributed by atoms with Gasteiger partial charge in [-0.2, -0.15) is 0 Å². The molecule has 2 aromatic rings. The van der Waals surface area contributed by atoms with E-state index in [1.54, 1.807) is 31.1 Å². The molecule has 1 fully saturated rings. The summed E-state index contributed by atoms with van der Waals surface area (Å²) >= 11 is 3.38. The maximum Gasteiger partial charge on any atom is 0.261 e. The van der Waals surface area contributed by atoms with E-state index in [1.165, 1.54) is 0 Å². The number of methoxy groups -OCH3 is 1. The van der Waals surface area contributed by atoms with Crippen LogP contribution in [-0.4, -0.2) is 42.5 Å². The van der Waals surface area contributed by atoms with Gasteiger partial charge in [-0.05, 0) is 61.7 Å². The Kier molecular flexibility index (Phi) is 8.35. The van der Waals surface area contributed by atoms with Gasteiger partial charge in [0.05, 0.1) is 7.11 Å². The number of nitrogens with one attached hydrogen (secondary N) is 1. The Bertz CT molecular complexity index is 881. The number of halogens is 1. The van der Waals surface area contributed by atoms with Crippen molar-refractivity contribution in [2.75, 3.05) is 13.7 Å². The first kappa shape index (κ1) is 23.1. The maximum absolute atomic E-state index is 13.1. The van der Waals surface area contributed by atoms with Gasteiger partial charge in [0.1, 0.15) is 17.5 Å². The number of rotatable bonds is 9. The summed E-state index contributed by atoms with van der Waals surface area (Å²) in [5, 5.41) is 3.10. The first-order valence-electron chi connectivity index (χ1n) is 10.6. The molecule has 0 radical (unpaired) electrons. The minimum Gasteiger partial charge on any atom is -0.497 e. The Morgan fingerprint density at radius 1 is 1.13 bits per heavy atom. The van der Waals surface area contributed by atoms with E-state index in [4.69, 9.17) is 9.47 Å². The molecule has 31 heavy (non-hydrogen) atoms.